The molecular formula is C21H28FN3O3. The Morgan fingerprint density at radius 2 is 1.82 bits per heavy atom. The second kappa shape index (κ2) is 11.1. The van der Waals surface area contributed by atoms with Crippen LogP contribution in [0.2, 0.25) is 0 Å². The molecule has 0 amide bonds. The van der Waals surface area contributed by atoms with E-state index in [4.69, 9.17) is 9.47 Å². The Kier molecular flexibility index (Phi) is 8.55. The van der Waals surface area contributed by atoms with Gasteiger partial charge in [-0.1, -0.05) is 12.1 Å². The van der Waals surface area contributed by atoms with Gasteiger partial charge in [-0.25, -0.2) is 4.39 Å². The summed E-state index contributed by atoms with van der Waals surface area (Å²) in [6.45, 7) is 3.42. The number of guanidine groups is 1. The van der Waals surface area contributed by atoms with Crippen molar-refractivity contribution in [3.8, 4) is 11.5 Å². The van der Waals surface area contributed by atoms with Gasteiger partial charge in [0, 0.05) is 19.2 Å². The lowest BCUT2D eigenvalue weighted by Crippen LogP contribution is -2.38. The third-order valence-corrected chi connectivity index (χ3v) is 4.12. The van der Waals surface area contributed by atoms with Crippen LogP contribution in [0.4, 0.5) is 4.39 Å². The zero-order valence-electron chi connectivity index (χ0n) is 16.5. The first-order valence-electron chi connectivity index (χ1n) is 9.23. The lowest BCUT2D eigenvalue weighted by atomic mass is 10.1. The highest BCUT2D eigenvalue weighted by Crippen LogP contribution is 2.26. The van der Waals surface area contributed by atoms with Gasteiger partial charge in [-0.3, -0.25) is 4.99 Å². The standard InChI is InChI=1S/C21H28FN3O3/c1-4-23-21(24-9-8-15-6-5-7-17(22)10-15)25-14-20(26)16-11-18(27-2)13-19(12-16)28-3/h5-7,10-13,20,26H,4,8-9,14H2,1-3H3,(H2,23,24,25). The highest BCUT2D eigenvalue weighted by atomic mass is 19.1. The monoisotopic (exact) mass is 389 g/mol. The fourth-order valence-corrected chi connectivity index (χ4v) is 2.66. The van der Waals surface area contributed by atoms with Gasteiger partial charge in [0.2, 0.25) is 0 Å². The number of methoxy groups -OCH3 is 2. The van der Waals surface area contributed by atoms with E-state index in [1.807, 2.05) is 13.0 Å². The molecule has 0 spiro atoms. The lowest BCUT2D eigenvalue weighted by Gasteiger charge is -2.15. The molecule has 0 bridgehead atoms. The van der Waals surface area contributed by atoms with Crippen LogP contribution in [0, 0.1) is 5.82 Å². The molecule has 6 nitrogen and oxygen atoms in total. The molecule has 0 aliphatic rings. The molecule has 2 aromatic carbocycles. The molecule has 0 aliphatic heterocycles. The van der Waals surface area contributed by atoms with Crippen LogP contribution in [0.1, 0.15) is 24.2 Å². The number of halogens is 1. The van der Waals surface area contributed by atoms with Gasteiger partial charge in [0.25, 0.3) is 0 Å². The summed E-state index contributed by atoms with van der Waals surface area (Å²) in [5.41, 5.74) is 1.57. The normalized spacial score (nSPS) is 12.4. The van der Waals surface area contributed by atoms with E-state index in [9.17, 15) is 9.50 Å². The molecule has 3 N–H and O–H groups in total. The molecule has 0 fully saturated rings. The SMILES string of the molecule is CCNC(=NCC(O)c1cc(OC)cc(OC)c1)NCCc1cccc(F)c1. The van der Waals surface area contributed by atoms with Gasteiger partial charge in [0.05, 0.1) is 26.9 Å². The van der Waals surface area contributed by atoms with Crippen molar-refractivity contribution in [1.29, 1.82) is 0 Å². The van der Waals surface area contributed by atoms with E-state index >= 15 is 0 Å². The van der Waals surface area contributed by atoms with Crippen molar-refractivity contribution < 1.29 is 19.0 Å². The predicted molar refractivity (Wildman–Crippen MR) is 109 cm³/mol. The first-order valence-corrected chi connectivity index (χ1v) is 9.23. The Labute approximate surface area is 165 Å². The predicted octanol–water partition coefficient (Wildman–Crippen LogP) is 2.67. The van der Waals surface area contributed by atoms with Crippen LogP contribution in [0.25, 0.3) is 0 Å². The largest absolute Gasteiger partial charge is 0.497 e. The fourth-order valence-electron chi connectivity index (χ4n) is 2.66. The van der Waals surface area contributed by atoms with Gasteiger partial charge in [0.15, 0.2) is 5.96 Å². The van der Waals surface area contributed by atoms with Crippen LogP contribution in [-0.4, -0.2) is 44.9 Å². The van der Waals surface area contributed by atoms with Crippen molar-refractivity contribution in [3.63, 3.8) is 0 Å². The van der Waals surface area contributed by atoms with Crippen molar-refractivity contribution in [2.45, 2.75) is 19.4 Å². The van der Waals surface area contributed by atoms with Crippen LogP contribution in [0.15, 0.2) is 47.5 Å². The summed E-state index contributed by atoms with van der Waals surface area (Å²) in [6, 6.07) is 11.8. The molecule has 2 aromatic rings. The summed E-state index contributed by atoms with van der Waals surface area (Å²) in [5, 5.41) is 16.8. The molecule has 0 aliphatic carbocycles. The lowest BCUT2D eigenvalue weighted by molar-refractivity contribution is 0.186. The quantitative estimate of drug-likeness (QED) is 0.454. The first-order chi connectivity index (χ1) is 13.5. The third kappa shape index (κ3) is 6.74. The Morgan fingerprint density at radius 1 is 1.11 bits per heavy atom. The summed E-state index contributed by atoms with van der Waals surface area (Å²) >= 11 is 0. The Balaban J connectivity index is 1.97. The number of hydrogen-bond donors (Lipinski definition) is 3. The highest BCUT2D eigenvalue weighted by Gasteiger charge is 2.11. The maximum atomic E-state index is 13.3. The Hall–Kier alpha value is -2.80. The number of aliphatic hydroxyl groups excluding tert-OH is 1. The molecule has 0 heterocycles. The van der Waals surface area contributed by atoms with Crippen LogP contribution in [0.5, 0.6) is 11.5 Å². The van der Waals surface area contributed by atoms with E-state index in [-0.39, 0.29) is 12.4 Å². The maximum absolute atomic E-state index is 13.3. The summed E-state index contributed by atoms with van der Waals surface area (Å²) in [5.74, 6) is 1.57. The Morgan fingerprint density at radius 3 is 2.43 bits per heavy atom. The van der Waals surface area contributed by atoms with E-state index in [1.54, 1.807) is 38.5 Å². The smallest absolute Gasteiger partial charge is 0.191 e. The topological polar surface area (TPSA) is 75.1 Å². The molecule has 0 saturated carbocycles. The molecule has 152 valence electrons. The molecule has 1 atom stereocenters. The molecule has 0 saturated heterocycles. The molecule has 0 radical (unpaired) electrons. The first kappa shape index (κ1) is 21.5. The molecule has 0 aromatic heterocycles. The van der Waals surface area contributed by atoms with Crippen LogP contribution >= 0.6 is 0 Å². The van der Waals surface area contributed by atoms with Crippen molar-refractivity contribution in [1.82, 2.24) is 10.6 Å². The molecule has 2 rings (SSSR count). The second-order valence-electron chi connectivity index (χ2n) is 6.19. The van der Waals surface area contributed by atoms with Crippen LogP contribution in [0.3, 0.4) is 0 Å². The van der Waals surface area contributed by atoms with Gasteiger partial charge in [-0.15, -0.1) is 0 Å². The average molecular weight is 389 g/mol. The van der Waals surface area contributed by atoms with Crippen molar-refractivity contribution in [2.24, 2.45) is 4.99 Å². The van der Waals surface area contributed by atoms with E-state index in [0.29, 0.717) is 42.5 Å². The molecular weight excluding hydrogens is 361 g/mol. The number of nitrogens with one attached hydrogen (secondary N) is 2. The van der Waals surface area contributed by atoms with Crippen LogP contribution in [-0.2, 0) is 6.42 Å². The minimum atomic E-state index is -0.803. The summed E-state index contributed by atoms with van der Waals surface area (Å²) < 4.78 is 23.7. The molecule has 1 unspecified atom stereocenters. The highest BCUT2D eigenvalue weighted by molar-refractivity contribution is 5.79. The fraction of sp³-hybridized carbons (Fsp3) is 0.381. The number of aliphatic hydroxyl groups is 1. The van der Waals surface area contributed by atoms with Crippen molar-refractivity contribution in [2.75, 3.05) is 33.9 Å². The maximum Gasteiger partial charge on any atom is 0.191 e. The van der Waals surface area contributed by atoms with Crippen molar-refractivity contribution in [3.05, 3.63) is 59.4 Å². The van der Waals surface area contributed by atoms with Gasteiger partial charge >= 0.3 is 0 Å². The van der Waals surface area contributed by atoms with Crippen LogP contribution < -0.4 is 20.1 Å². The van der Waals surface area contributed by atoms with E-state index in [1.165, 1.54) is 12.1 Å². The third-order valence-electron chi connectivity index (χ3n) is 4.12. The summed E-state index contributed by atoms with van der Waals surface area (Å²) in [6.07, 6.45) is -0.139. The van der Waals surface area contributed by atoms with Crippen molar-refractivity contribution >= 4 is 5.96 Å². The van der Waals surface area contributed by atoms with Gasteiger partial charge in [-0.05, 0) is 48.7 Å². The number of aliphatic imine (C=N–C) groups is 1. The Bertz CT molecular complexity index is 761. The zero-order chi connectivity index (χ0) is 20.4. The number of hydrogen-bond acceptors (Lipinski definition) is 4. The second-order valence-corrected chi connectivity index (χ2v) is 6.19. The molecule has 28 heavy (non-hydrogen) atoms. The van der Waals surface area contributed by atoms with Gasteiger partial charge < -0.3 is 25.2 Å². The number of nitrogens with zero attached hydrogens (tertiary/aromatic N) is 1. The number of ether oxygens (including phenoxy) is 2. The zero-order valence-corrected chi connectivity index (χ0v) is 16.5. The summed E-state index contributed by atoms with van der Waals surface area (Å²) in [4.78, 5) is 4.44. The average Bonchev–Trinajstić information content (AvgIpc) is 2.71. The molecule has 7 heteroatoms. The number of benzene rings is 2. The van der Waals surface area contributed by atoms with Gasteiger partial charge in [0.1, 0.15) is 17.3 Å². The van der Waals surface area contributed by atoms with E-state index in [0.717, 1.165) is 5.56 Å². The van der Waals surface area contributed by atoms with Gasteiger partial charge in [-0.2, -0.15) is 0 Å². The number of rotatable bonds is 9. The van der Waals surface area contributed by atoms with E-state index in [2.05, 4.69) is 15.6 Å². The van der Waals surface area contributed by atoms with E-state index < -0.39 is 6.10 Å². The minimum absolute atomic E-state index is 0.172. The minimum Gasteiger partial charge on any atom is -0.497 e. The summed E-state index contributed by atoms with van der Waals surface area (Å²) in [7, 11) is 3.13.